The topological polar surface area (TPSA) is 29.9 Å². The van der Waals surface area contributed by atoms with Gasteiger partial charge in [-0.05, 0) is 31.7 Å². The Labute approximate surface area is 107 Å². The zero-order chi connectivity index (χ0) is 12.3. The van der Waals surface area contributed by atoms with E-state index in [0.717, 1.165) is 12.4 Å². The first kappa shape index (κ1) is 12.2. The second-order valence-corrected chi connectivity index (χ2v) is 5.38. The van der Waals surface area contributed by atoms with Crippen LogP contribution >= 0.6 is 11.3 Å². The van der Waals surface area contributed by atoms with Crippen LogP contribution in [0.25, 0.3) is 0 Å². The van der Waals surface area contributed by atoms with E-state index in [1.807, 2.05) is 6.20 Å². The molecule has 0 saturated heterocycles. The van der Waals surface area contributed by atoms with Gasteiger partial charge in [-0.25, -0.2) is 4.98 Å². The fraction of sp³-hybridized carbons (Fsp3) is 0.462. The van der Waals surface area contributed by atoms with Gasteiger partial charge in [0.2, 0.25) is 5.95 Å². The van der Waals surface area contributed by atoms with Crippen molar-refractivity contribution < 1.29 is 0 Å². The van der Waals surface area contributed by atoms with Crippen molar-refractivity contribution in [1.29, 1.82) is 0 Å². The molecular weight excluding hydrogens is 230 g/mol. The van der Waals surface area contributed by atoms with E-state index in [2.05, 4.69) is 59.3 Å². The van der Waals surface area contributed by atoms with Gasteiger partial charge >= 0.3 is 0 Å². The SMILES string of the molecule is CCC(c1cccs1)n1ccnc1NC(C)C. The van der Waals surface area contributed by atoms with Crippen LogP contribution in [0.3, 0.4) is 0 Å². The Balaban J connectivity index is 2.28. The minimum Gasteiger partial charge on any atom is -0.353 e. The summed E-state index contributed by atoms with van der Waals surface area (Å²) in [5.74, 6) is 0.959. The standard InChI is InChI=1S/C13H19N3S/c1-4-11(12-6-5-9-17-12)16-8-7-14-13(16)15-10(2)3/h5-11H,4H2,1-3H3,(H,14,15). The van der Waals surface area contributed by atoms with Gasteiger partial charge in [0.05, 0.1) is 6.04 Å². The van der Waals surface area contributed by atoms with Gasteiger partial charge in [-0.2, -0.15) is 0 Å². The molecule has 1 unspecified atom stereocenters. The lowest BCUT2D eigenvalue weighted by atomic mass is 10.2. The van der Waals surface area contributed by atoms with E-state index in [0.29, 0.717) is 12.1 Å². The summed E-state index contributed by atoms with van der Waals surface area (Å²) in [6.45, 7) is 6.47. The predicted molar refractivity (Wildman–Crippen MR) is 73.7 cm³/mol. The number of rotatable bonds is 5. The van der Waals surface area contributed by atoms with Crippen molar-refractivity contribution in [3.05, 3.63) is 34.8 Å². The molecule has 2 aromatic rings. The maximum atomic E-state index is 4.39. The fourth-order valence-corrected chi connectivity index (χ4v) is 2.86. The predicted octanol–water partition coefficient (Wildman–Crippen LogP) is 3.76. The van der Waals surface area contributed by atoms with Gasteiger partial charge in [0.1, 0.15) is 0 Å². The third-order valence-corrected chi connectivity index (χ3v) is 3.65. The normalized spacial score (nSPS) is 12.9. The minimum atomic E-state index is 0.388. The van der Waals surface area contributed by atoms with Crippen molar-refractivity contribution in [2.75, 3.05) is 5.32 Å². The molecule has 1 N–H and O–H groups in total. The maximum Gasteiger partial charge on any atom is 0.203 e. The molecule has 0 spiro atoms. The van der Waals surface area contributed by atoms with E-state index in [4.69, 9.17) is 0 Å². The van der Waals surface area contributed by atoms with Crippen LogP contribution in [0.2, 0.25) is 0 Å². The Morgan fingerprint density at radius 3 is 2.88 bits per heavy atom. The highest BCUT2D eigenvalue weighted by atomic mass is 32.1. The first-order chi connectivity index (χ1) is 8.22. The zero-order valence-corrected chi connectivity index (χ0v) is 11.4. The molecule has 2 rings (SSSR count). The van der Waals surface area contributed by atoms with Gasteiger partial charge in [-0.15, -0.1) is 11.3 Å². The molecule has 0 bridgehead atoms. The van der Waals surface area contributed by atoms with Crippen LogP contribution in [-0.2, 0) is 0 Å². The van der Waals surface area contributed by atoms with Gasteiger partial charge in [0.15, 0.2) is 0 Å². The van der Waals surface area contributed by atoms with Gasteiger partial charge in [-0.1, -0.05) is 13.0 Å². The summed E-state index contributed by atoms with van der Waals surface area (Å²) in [6.07, 6.45) is 4.99. The Morgan fingerprint density at radius 2 is 2.29 bits per heavy atom. The van der Waals surface area contributed by atoms with Crippen LogP contribution in [0, 0.1) is 0 Å². The third-order valence-electron chi connectivity index (χ3n) is 2.68. The molecule has 2 aromatic heterocycles. The molecule has 0 radical (unpaired) electrons. The zero-order valence-electron chi connectivity index (χ0n) is 10.6. The number of anilines is 1. The number of imidazole rings is 1. The van der Waals surface area contributed by atoms with Crippen molar-refractivity contribution >= 4 is 17.3 Å². The van der Waals surface area contributed by atoms with E-state index in [1.54, 1.807) is 11.3 Å². The molecule has 92 valence electrons. The van der Waals surface area contributed by atoms with Gasteiger partial charge in [0.25, 0.3) is 0 Å². The van der Waals surface area contributed by atoms with E-state index in [1.165, 1.54) is 4.88 Å². The molecule has 2 heterocycles. The Kier molecular flexibility index (Phi) is 3.84. The van der Waals surface area contributed by atoms with Crippen LogP contribution in [0.1, 0.15) is 38.1 Å². The minimum absolute atomic E-state index is 0.388. The first-order valence-corrected chi connectivity index (χ1v) is 6.93. The van der Waals surface area contributed by atoms with Crippen LogP contribution in [0.4, 0.5) is 5.95 Å². The summed E-state index contributed by atoms with van der Waals surface area (Å²) in [6, 6.07) is 5.09. The summed E-state index contributed by atoms with van der Waals surface area (Å²) < 4.78 is 2.23. The highest BCUT2D eigenvalue weighted by molar-refractivity contribution is 7.10. The van der Waals surface area contributed by atoms with E-state index >= 15 is 0 Å². The van der Waals surface area contributed by atoms with Gasteiger partial charge < -0.3 is 9.88 Å². The summed E-state index contributed by atoms with van der Waals surface area (Å²) in [4.78, 5) is 5.78. The fourth-order valence-electron chi connectivity index (χ4n) is 1.95. The summed E-state index contributed by atoms with van der Waals surface area (Å²) in [5.41, 5.74) is 0. The summed E-state index contributed by atoms with van der Waals surface area (Å²) in [7, 11) is 0. The lowest BCUT2D eigenvalue weighted by Gasteiger charge is -2.19. The molecule has 0 amide bonds. The molecule has 0 aliphatic heterocycles. The Bertz CT molecular complexity index is 445. The number of nitrogens with zero attached hydrogens (tertiary/aromatic N) is 2. The van der Waals surface area contributed by atoms with Crippen LogP contribution in [-0.4, -0.2) is 15.6 Å². The largest absolute Gasteiger partial charge is 0.353 e. The first-order valence-electron chi connectivity index (χ1n) is 6.05. The third kappa shape index (κ3) is 2.69. The molecule has 17 heavy (non-hydrogen) atoms. The molecule has 0 fully saturated rings. The highest BCUT2D eigenvalue weighted by Crippen LogP contribution is 2.28. The van der Waals surface area contributed by atoms with Gasteiger partial charge in [0, 0.05) is 23.3 Å². The average Bonchev–Trinajstić information content (AvgIpc) is 2.91. The highest BCUT2D eigenvalue weighted by Gasteiger charge is 2.16. The molecule has 4 heteroatoms. The number of thiophene rings is 1. The average molecular weight is 249 g/mol. The molecule has 0 saturated carbocycles. The van der Waals surface area contributed by atoms with Crippen molar-refractivity contribution in [2.45, 2.75) is 39.3 Å². The van der Waals surface area contributed by atoms with Crippen molar-refractivity contribution in [3.8, 4) is 0 Å². The summed E-state index contributed by atoms with van der Waals surface area (Å²) in [5, 5.41) is 5.52. The van der Waals surface area contributed by atoms with E-state index in [9.17, 15) is 0 Å². The van der Waals surface area contributed by atoms with Crippen LogP contribution in [0.5, 0.6) is 0 Å². The number of hydrogen-bond acceptors (Lipinski definition) is 3. The Hall–Kier alpha value is -1.29. The lowest BCUT2D eigenvalue weighted by molar-refractivity contribution is 0.577. The van der Waals surface area contributed by atoms with Crippen molar-refractivity contribution in [3.63, 3.8) is 0 Å². The molecular formula is C13H19N3S. The quantitative estimate of drug-likeness (QED) is 0.874. The second-order valence-electron chi connectivity index (χ2n) is 4.40. The monoisotopic (exact) mass is 249 g/mol. The number of nitrogens with one attached hydrogen (secondary N) is 1. The molecule has 3 nitrogen and oxygen atoms in total. The Morgan fingerprint density at radius 1 is 1.47 bits per heavy atom. The van der Waals surface area contributed by atoms with Crippen LogP contribution < -0.4 is 5.32 Å². The van der Waals surface area contributed by atoms with E-state index in [-0.39, 0.29) is 0 Å². The molecule has 1 atom stereocenters. The van der Waals surface area contributed by atoms with Crippen molar-refractivity contribution in [1.82, 2.24) is 9.55 Å². The van der Waals surface area contributed by atoms with Crippen molar-refractivity contribution in [2.24, 2.45) is 0 Å². The lowest BCUT2D eigenvalue weighted by Crippen LogP contribution is -2.17. The molecule has 0 aromatic carbocycles. The summed E-state index contributed by atoms with van der Waals surface area (Å²) >= 11 is 1.81. The van der Waals surface area contributed by atoms with Crippen LogP contribution in [0.15, 0.2) is 29.9 Å². The second kappa shape index (κ2) is 5.36. The van der Waals surface area contributed by atoms with Gasteiger partial charge in [-0.3, -0.25) is 0 Å². The molecule has 0 aliphatic rings. The maximum absolute atomic E-state index is 4.39. The molecule has 0 aliphatic carbocycles. The number of hydrogen-bond donors (Lipinski definition) is 1. The van der Waals surface area contributed by atoms with E-state index < -0.39 is 0 Å². The number of aromatic nitrogens is 2. The smallest absolute Gasteiger partial charge is 0.203 e.